The Balaban J connectivity index is 1.60. The molecular formula is C17H17N5O2S. The number of carbonyl (C=O) groups is 1. The fourth-order valence-electron chi connectivity index (χ4n) is 2.20. The number of H-pyrrole nitrogens is 1. The first-order chi connectivity index (χ1) is 12.0. The van der Waals surface area contributed by atoms with Gasteiger partial charge in [-0.2, -0.15) is 0 Å². The molecule has 8 heteroatoms. The maximum Gasteiger partial charge on any atom is 0.279 e. The van der Waals surface area contributed by atoms with Crippen molar-refractivity contribution in [3.05, 3.63) is 62.2 Å². The van der Waals surface area contributed by atoms with Crippen LogP contribution in [0.3, 0.4) is 0 Å². The molecule has 1 amide bonds. The van der Waals surface area contributed by atoms with E-state index in [0.717, 1.165) is 16.4 Å². The molecule has 3 aromatic rings. The summed E-state index contributed by atoms with van der Waals surface area (Å²) in [5.74, 6) is -0.481. The fourth-order valence-corrected chi connectivity index (χ4v) is 2.99. The van der Waals surface area contributed by atoms with E-state index < -0.39 is 11.5 Å². The summed E-state index contributed by atoms with van der Waals surface area (Å²) in [5, 5.41) is 5.54. The van der Waals surface area contributed by atoms with Gasteiger partial charge in [0.05, 0.1) is 22.1 Å². The Bertz CT molecular complexity index is 949. The summed E-state index contributed by atoms with van der Waals surface area (Å²) in [6, 6.07) is 5.67. The lowest BCUT2D eigenvalue weighted by Gasteiger charge is -2.05. The summed E-state index contributed by atoms with van der Waals surface area (Å²) in [7, 11) is 0. The van der Waals surface area contributed by atoms with Crippen LogP contribution in [0.5, 0.6) is 0 Å². The number of hydrogen-bond acceptors (Lipinski definition) is 6. The third-order valence-electron chi connectivity index (χ3n) is 3.66. The molecule has 0 aliphatic rings. The number of nitrogens with zero attached hydrogens (tertiary/aromatic N) is 3. The molecule has 0 aliphatic carbocycles. The van der Waals surface area contributed by atoms with Crippen molar-refractivity contribution < 1.29 is 4.79 Å². The summed E-state index contributed by atoms with van der Waals surface area (Å²) in [4.78, 5) is 39.4. The zero-order valence-electron chi connectivity index (χ0n) is 13.9. The number of nitrogens with one attached hydrogen (secondary N) is 2. The molecule has 7 nitrogen and oxygen atoms in total. The average molecular weight is 355 g/mol. The number of carbonyl (C=O) groups excluding carboxylic acids is 1. The van der Waals surface area contributed by atoms with E-state index in [1.807, 2.05) is 23.6 Å². The summed E-state index contributed by atoms with van der Waals surface area (Å²) in [6.07, 6.45) is 2.30. The van der Waals surface area contributed by atoms with Gasteiger partial charge in [0, 0.05) is 30.2 Å². The van der Waals surface area contributed by atoms with Crippen LogP contribution in [0.2, 0.25) is 0 Å². The van der Waals surface area contributed by atoms with E-state index in [-0.39, 0.29) is 5.69 Å². The Morgan fingerprint density at radius 2 is 2.08 bits per heavy atom. The van der Waals surface area contributed by atoms with Crippen LogP contribution >= 0.6 is 11.3 Å². The molecule has 0 atom stereocenters. The van der Waals surface area contributed by atoms with E-state index in [2.05, 4.69) is 25.3 Å². The molecule has 0 spiro atoms. The lowest BCUT2D eigenvalue weighted by molar-refractivity contribution is 0.0947. The maximum absolute atomic E-state index is 12.1. The number of pyridine rings is 1. The van der Waals surface area contributed by atoms with Gasteiger partial charge in [0.25, 0.3) is 11.5 Å². The standard InChI is InChI=1S/C17H17N5O2S/c1-10-11(2)21-17(24)15(20-10)16(23)19-8-6-14-22-13(9-25-14)12-5-3-4-7-18-12/h3-5,7,9H,6,8H2,1-2H3,(H,19,23)(H,21,24). The summed E-state index contributed by atoms with van der Waals surface area (Å²) < 4.78 is 0. The monoisotopic (exact) mass is 355 g/mol. The highest BCUT2D eigenvalue weighted by atomic mass is 32.1. The van der Waals surface area contributed by atoms with Gasteiger partial charge in [-0.3, -0.25) is 14.6 Å². The Hall–Kier alpha value is -2.87. The van der Waals surface area contributed by atoms with E-state index in [1.165, 1.54) is 11.3 Å². The van der Waals surface area contributed by atoms with Gasteiger partial charge in [-0.05, 0) is 26.0 Å². The van der Waals surface area contributed by atoms with Gasteiger partial charge in [0.1, 0.15) is 0 Å². The van der Waals surface area contributed by atoms with Gasteiger partial charge in [0.2, 0.25) is 0 Å². The van der Waals surface area contributed by atoms with E-state index >= 15 is 0 Å². The highest BCUT2D eigenvalue weighted by Crippen LogP contribution is 2.19. The molecule has 0 radical (unpaired) electrons. The molecule has 0 fully saturated rings. The molecule has 0 saturated carbocycles. The molecule has 3 aromatic heterocycles. The number of hydrogen-bond donors (Lipinski definition) is 2. The minimum absolute atomic E-state index is 0.114. The van der Waals surface area contributed by atoms with Crippen LogP contribution in [0, 0.1) is 13.8 Å². The van der Waals surface area contributed by atoms with Crippen LogP contribution in [-0.2, 0) is 6.42 Å². The fraction of sp³-hybridized carbons (Fsp3) is 0.235. The molecule has 3 rings (SSSR count). The lowest BCUT2D eigenvalue weighted by atomic mass is 10.3. The second kappa shape index (κ2) is 7.35. The van der Waals surface area contributed by atoms with Crippen LogP contribution in [0.25, 0.3) is 11.4 Å². The number of aromatic nitrogens is 4. The highest BCUT2D eigenvalue weighted by Gasteiger charge is 2.14. The molecule has 0 bridgehead atoms. The molecule has 0 aromatic carbocycles. The van der Waals surface area contributed by atoms with Gasteiger partial charge in [-0.1, -0.05) is 6.07 Å². The van der Waals surface area contributed by atoms with Crippen molar-refractivity contribution in [3.63, 3.8) is 0 Å². The Labute approximate surface area is 148 Å². The second-order valence-corrected chi connectivity index (χ2v) is 6.41. The van der Waals surface area contributed by atoms with Gasteiger partial charge >= 0.3 is 0 Å². The Morgan fingerprint density at radius 1 is 1.24 bits per heavy atom. The second-order valence-electron chi connectivity index (χ2n) is 5.47. The van der Waals surface area contributed by atoms with Crippen molar-refractivity contribution in [2.24, 2.45) is 0 Å². The van der Waals surface area contributed by atoms with Crippen molar-refractivity contribution in [3.8, 4) is 11.4 Å². The predicted molar refractivity (Wildman–Crippen MR) is 95.7 cm³/mol. The number of rotatable bonds is 5. The first-order valence-electron chi connectivity index (χ1n) is 7.76. The molecule has 0 aliphatic heterocycles. The zero-order chi connectivity index (χ0) is 17.8. The molecular weight excluding hydrogens is 338 g/mol. The van der Waals surface area contributed by atoms with E-state index in [1.54, 1.807) is 20.0 Å². The largest absolute Gasteiger partial charge is 0.350 e. The van der Waals surface area contributed by atoms with Crippen LogP contribution in [0.1, 0.15) is 26.9 Å². The lowest BCUT2D eigenvalue weighted by Crippen LogP contribution is -2.33. The quantitative estimate of drug-likeness (QED) is 0.728. The average Bonchev–Trinajstić information content (AvgIpc) is 3.08. The maximum atomic E-state index is 12.1. The van der Waals surface area contributed by atoms with Gasteiger partial charge < -0.3 is 10.3 Å². The van der Waals surface area contributed by atoms with Gasteiger partial charge in [0.15, 0.2) is 5.69 Å². The Morgan fingerprint density at radius 3 is 2.84 bits per heavy atom. The zero-order valence-corrected chi connectivity index (χ0v) is 14.7. The third kappa shape index (κ3) is 3.97. The van der Waals surface area contributed by atoms with Crippen molar-refractivity contribution in [1.82, 2.24) is 25.3 Å². The first-order valence-corrected chi connectivity index (χ1v) is 8.64. The van der Waals surface area contributed by atoms with E-state index in [9.17, 15) is 9.59 Å². The van der Waals surface area contributed by atoms with Crippen LogP contribution < -0.4 is 10.9 Å². The topological polar surface area (TPSA) is 101 Å². The molecule has 25 heavy (non-hydrogen) atoms. The van der Waals surface area contributed by atoms with Crippen molar-refractivity contribution in [1.29, 1.82) is 0 Å². The van der Waals surface area contributed by atoms with Crippen molar-refractivity contribution in [2.75, 3.05) is 6.54 Å². The molecule has 2 N–H and O–H groups in total. The minimum atomic E-state index is -0.481. The van der Waals surface area contributed by atoms with E-state index in [0.29, 0.717) is 24.4 Å². The summed E-state index contributed by atoms with van der Waals surface area (Å²) in [6.45, 7) is 3.87. The van der Waals surface area contributed by atoms with Crippen molar-refractivity contribution >= 4 is 17.2 Å². The number of aromatic amines is 1. The van der Waals surface area contributed by atoms with Crippen LogP contribution in [0.4, 0.5) is 0 Å². The normalized spacial score (nSPS) is 10.6. The molecule has 0 unspecified atom stereocenters. The highest BCUT2D eigenvalue weighted by molar-refractivity contribution is 7.09. The molecule has 128 valence electrons. The summed E-state index contributed by atoms with van der Waals surface area (Å²) in [5.41, 5.74) is 2.33. The first kappa shape index (κ1) is 17.0. The van der Waals surface area contributed by atoms with Crippen LogP contribution in [-0.4, -0.2) is 32.4 Å². The minimum Gasteiger partial charge on any atom is -0.350 e. The van der Waals surface area contributed by atoms with Crippen molar-refractivity contribution in [2.45, 2.75) is 20.3 Å². The number of thiazole rings is 1. The van der Waals surface area contributed by atoms with Crippen LogP contribution in [0.15, 0.2) is 34.6 Å². The summed E-state index contributed by atoms with van der Waals surface area (Å²) >= 11 is 1.51. The SMILES string of the molecule is Cc1nc(C(=O)NCCc2nc(-c3ccccn3)cs2)c(=O)[nH]c1C. The number of amides is 1. The molecule has 3 heterocycles. The van der Waals surface area contributed by atoms with E-state index in [4.69, 9.17) is 0 Å². The van der Waals surface area contributed by atoms with Gasteiger partial charge in [-0.15, -0.1) is 11.3 Å². The molecule has 0 saturated heterocycles. The number of aryl methyl sites for hydroxylation is 2. The Kier molecular flexibility index (Phi) is 4.99. The third-order valence-corrected chi connectivity index (χ3v) is 4.57. The smallest absolute Gasteiger partial charge is 0.279 e. The predicted octanol–water partition coefficient (Wildman–Crippen LogP) is 1.88. The van der Waals surface area contributed by atoms with Gasteiger partial charge in [-0.25, -0.2) is 9.97 Å².